The van der Waals surface area contributed by atoms with E-state index < -0.39 is 9.73 Å². The second kappa shape index (κ2) is 9.51. The number of hydrogen-bond acceptors (Lipinski definition) is 7. The third kappa shape index (κ3) is 5.35. The maximum Gasteiger partial charge on any atom is 0.149 e. The van der Waals surface area contributed by atoms with Crippen molar-refractivity contribution in [2.75, 3.05) is 24.9 Å². The topological polar surface area (TPSA) is 85.7 Å². The minimum absolute atomic E-state index is 0.0761. The van der Waals surface area contributed by atoms with E-state index in [0.29, 0.717) is 34.2 Å². The van der Waals surface area contributed by atoms with Gasteiger partial charge >= 0.3 is 0 Å². The smallest absolute Gasteiger partial charge is 0.149 e. The van der Waals surface area contributed by atoms with Crippen molar-refractivity contribution in [1.29, 1.82) is 0 Å². The maximum absolute atomic E-state index is 14.1. The van der Waals surface area contributed by atoms with E-state index >= 15 is 0 Å². The molecule has 0 spiro atoms. The second-order valence-electron chi connectivity index (χ2n) is 8.59. The molecule has 1 N–H and O–H groups in total. The third-order valence-corrected chi connectivity index (χ3v) is 6.30. The number of nitrogens with zero attached hydrogens (tertiary/aromatic N) is 3. The first-order valence-electron chi connectivity index (χ1n) is 11.0. The van der Waals surface area contributed by atoms with Crippen LogP contribution >= 0.6 is 0 Å². The number of halogens is 1. The second-order valence-corrected chi connectivity index (χ2v) is 11.1. The van der Waals surface area contributed by atoms with Crippen molar-refractivity contribution in [3.63, 3.8) is 0 Å². The van der Waals surface area contributed by atoms with Crippen molar-refractivity contribution < 1.29 is 18.1 Å². The summed E-state index contributed by atoms with van der Waals surface area (Å²) in [6.45, 7) is 1.88. The monoisotopic (exact) mass is 472 g/mol. The van der Waals surface area contributed by atoms with Gasteiger partial charge in [-0.1, -0.05) is 6.42 Å². The summed E-state index contributed by atoms with van der Waals surface area (Å²) < 4.78 is 42.5. The molecule has 0 saturated heterocycles. The lowest BCUT2D eigenvalue weighted by Crippen LogP contribution is -2.20. The van der Waals surface area contributed by atoms with Crippen molar-refractivity contribution in [2.24, 2.45) is 4.36 Å². The lowest BCUT2D eigenvalue weighted by Gasteiger charge is -2.24. The lowest BCUT2D eigenvalue weighted by atomic mass is 9.98. The Morgan fingerprint density at radius 1 is 1.15 bits per heavy atom. The zero-order valence-electron chi connectivity index (χ0n) is 19.4. The minimum atomic E-state index is -2.39. The molecule has 1 aliphatic rings. The van der Waals surface area contributed by atoms with Crippen molar-refractivity contribution in [3.05, 3.63) is 42.0 Å². The zero-order valence-corrected chi connectivity index (χ0v) is 20.2. The van der Waals surface area contributed by atoms with Crippen LogP contribution in [0.2, 0.25) is 0 Å². The van der Waals surface area contributed by atoms with Crippen LogP contribution in [0.1, 0.15) is 37.7 Å². The highest BCUT2D eigenvalue weighted by molar-refractivity contribution is 7.92. The van der Waals surface area contributed by atoms with Crippen LogP contribution in [-0.2, 0) is 9.73 Å². The van der Waals surface area contributed by atoms with Crippen LogP contribution in [0, 0.1) is 12.7 Å². The van der Waals surface area contributed by atoms with Gasteiger partial charge in [0.1, 0.15) is 35.1 Å². The zero-order chi connectivity index (χ0) is 23.6. The van der Waals surface area contributed by atoms with E-state index in [-0.39, 0.29) is 11.9 Å². The average Bonchev–Trinajstić information content (AvgIpc) is 2.75. The Bertz CT molecular complexity index is 1290. The number of hydrogen-bond donors (Lipinski definition) is 1. The molecule has 0 bridgehead atoms. The number of aryl methyl sites for hydroxylation is 1. The summed E-state index contributed by atoms with van der Waals surface area (Å²) in [6, 6.07) is 6.19. The summed E-state index contributed by atoms with van der Waals surface area (Å²) in [5.41, 5.74) is 2.49. The molecule has 0 aliphatic heterocycles. The van der Waals surface area contributed by atoms with Gasteiger partial charge < -0.3 is 14.8 Å². The molecule has 1 saturated carbocycles. The van der Waals surface area contributed by atoms with E-state index in [1.54, 1.807) is 31.8 Å². The fourth-order valence-electron chi connectivity index (χ4n) is 4.22. The van der Waals surface area contributed by atoms with Gasteiger partial charge in [-0.2, -0.15) is 4.36 Å². The SMILES string of the molecule is COc1c(N=S(C)(C)=O)cc2ncnc(Nc3ccc(F)cc3OC3CCCCC3)c2c1C. The Morgan fingerprint density at radius 3 is 2.61 bits per heavy atom. The molecule has 33 heavy (non-hydrogen) atoms. The molecule has 0 atom stereocenters. The highest BCUT2D eigenvalue weighted by atomic mass is 32.2. The minimum Gasteiger partial charge on any atom is -0.494 e. The highest BCUT2D eigenvalue weighted by Crippen LogP contribution is 2.41. The van der Waals surface area contributed by atoms with E-state index in [2.05, 4.69) is 19.6 Å². The third-order valence-electron chi connectivity index (χ3n) is 5.66. The van der Waals surface area contributed by atoms with Gasteiger partial charge in [0, 0.05) is 39.3 Å². The molecule has 0 unspecified atom stereocenters. The van der Waals surface area contributed by atoms with E-state index in [1.807, 2.05) is 6.92 Å². The Balaban J connectivity index is 1.78. The Morgan fingerprint density at radius 2 is 1.91 bits per heavy atom. The Labute approximate surface area is 193 Å². The van der Waals surface area contributed by atoms with Crippen molar-refractivity contribution >= 4 is 37.8 Å². The first-order chi connectivity index (χ1) is 15.7. The summed E-state index contributed by atoms with van der Waals surface area (Å²) in [5, 5.41) is 4.04. The normalized spacial score (nSPS) is 14.8. The molecule has 1 fully saturated rings. The van der Waals surface area contributed by atoms with Crippen LogP contribution in [-0.4, -0.2) is 39.9 Å². The molecule has 0 radical (unpaired) electrons. The predicted octanol–water partition coefficient (Wildman–Crippen LogP) is 5.90. The van der Waals surface area contributed by atoms with E-state index in [4.69, 9.17) is 9.47 Å². The van der Waals surface area contributed by atoms with Gasteiger partial charge in [0.2, 0.25) is 0 Å². The highest BCUT2D eigenvalue weighted by Gasteiger charge is 2.20. The van der Waals surface area contributed by atoms with Gasteiger partial charge in [0.25, 0.3) is 0 Å². The van der Waals surface area contributed by atoms with Crippen molar-refractivity contribution in [3.8, 4) is 11.5 Å². The lowest BCUT2D eigenvalue weighted by molar-refractivity contribution is 0.155. The molecular weight excluding hydrogens is 443 g/mol. The number of anilines is 2. The van der Waals surface area contributed by atoms with Gasteiger partial charge in [0.15, 0.2) is 0 Å². The molecule has 1 aromatic heterocycles. The fourth-order valence-corrected chi connectivity index (χ4v) is 4.83. The molecule has 3 aromatic rings. The van der Waals surface area contributed by atoms with Crippen LogP contribution in [0.3, 0.4) is 0 Å². The van der Waals surface area contributed by atoms with Crippen LogP contribution in [0.15, 0.2) is 35.0 Å². The van der Waals surface area contributed by atoms with E-state index in [1.165, 1.54) is 24.9 Å². The first-order valence-corrected chi connectivity index (χ1v) is 13.3. The number of rotatable bonds is 6. The Kier molecular flexibility index (Phi) is 6.69. The molecule has 7 nitrogen and oxygen atoms in total. The van der Waals surface area contributed by atoms with Gasteiger partial charge in [-0.25, -0.2) is 18.6 Å². The summed E-state index contributed by atoms with van der Waals surface area (Å²) in [6.07, 6.45) is 10.0. The number of fused-ring (bicyclic) bond motifs is 1. The van der Waals surface area contributed by atoms with Gasteiger partial charge in [-0.05, 0) is 50.8 Å². The molecule has 0 amide bonds. The number of aromatic nitrogens is 2. The summed E-state index contributed by atoms with van der Waals surface area (Å²) in [5.74, 6) is 1.15. The summed E-state index contributed by atoms with van der Waals surface area (Å²) >= 11 is 0. The van der Waals surface area contributed by atoms with Gasteiger partial charge in [-0.15, -0.1) is 0 Å². The van der Waals surface area contributed by atoms with Crippen LogP contribution in [0.25, 0.3) is 10.9 Å². The molecular formula is C24H29FN4O3S. The van der Waals surface area contributed by atoms with Crippen molar-refractivity contribution in [2.45, 2.75) is 45.1 Å². The number of benzene rings is 2. The van der Waals surface area contributed by atoms with Crippen LogP contribution in [0.4, 0.5) is 21.6 Å². The first kappa shape index (κ1) is 23.2. The number of methoxy groups -OCH3 is 1. The van der Waals surface area contributed by atoms with Gasteiger partial charge in [0.05, 0.1) is 24.4 Å². The largest absolute Gasteiger partial charge is 0.494 e. The Hall–Kier alpha value is -2.94. The molecule has 2 aromatic carbocycles. The molecule has 9 heteroatoms. The van der Waals surface area contributed by atoms with E-state index in [0.717, 1.165) is 36.6 Å². The average molecular weight is 473 g/mol. The standard InChI is InChI=1S/C24H29FN4O3S/c1-15-22-19(13-20(23(15)31-2)29-33(3,4)30)26-14-27-24(22)28-18-11-10-16(25)12-21(18)32-17-8-6-5-7-9-17/h10-14,17H,5-9H2,1-4H3,(H,26,27,28). The molecule has 1 aliphatic carbocycles. The van der Waals surface area contributed by atoms with Gasteiger partial charge in [-0.3, -0.25) is 0 Å². The molecule has 176 valence electrons. The molecule has 1 heterocycles. The number of ether oxygens (including phenoxy) is 2. The van der Waals surface area contributed by atoms with Crippen LogP contribution in [0.5, 0.6) is 11.5 Å². The van der Waals surface area contributed by atoms with E-state index in [9.17, 15) is 8.60 Å². The van der Waals surface area contributed by atoms with Crippen LogP contribution < -0.4 is 14.8 Å². The predicted molar refractivity (Wildman–Crippen MR) is 130 cm³/mol. The fraction of sp³-hybridized carbons (Fsp3) is 0.417. The van der Waals surface area contributed by atoms with Crippen molar-refractivity contribution in [1.82, 2.24) is 9.97 Å². The number of nitrogens with one attached hydrogen (secondary N) is 1. The summed E-state index contributed by atoms with van der Waals surface area (Å²) in [4.78, 5) is 8.83. The quantitative estimate of drug-likeness (QED) is 0.481. The summed E-state index contributed by atoms with van der Waals surface area (Å²) in [7, 11) is -0.845. The molecule has 4 rings (SSSR count). The maximum atomic E-state index is 14.1.